The van der Waals surface area contributed by atoms with Crippen LogP contribution < -0.4 is 0 Å². The summed E-state index contributed by atoms with van der Waals surface area (Å²) in [4.78, 5) is 0. The molecule has 0 saturated heterocycles. The number of aromatic hydroxyl groups is 1. The van der Waals surface area contributed by atoms with Gasteiger partial charge in [0.05, 0.1) is 0 Å². The fraction of sp³-hybridized carbons (Fsp3) is 0.200. The Kier molecular flexibility index (Phi) is 1.65. The Morgan fingerprint density at radius 2 is 2.00 bits per heavy atom. The van der Waals surface area contributed by atoms with Crippen LogP contribution in [0, 0.1) is 0 Å². The van der Waals surface area contributed by atoms with E-state index in [9.17, 15) is 15.3 Å². The van der Waals surface area contributed by atoms with Gasteiger partial charge in [-0.25, -0.2) is 0 Å². The first-order valence-corrected chi connectivity index (χ1v) is 4.04. The summed E-state index contributed by atoms with van der Waals surface area (Å²) in [5.74, 6) is -1.80. The van der Waals surface area contributed by atoms with Crippen molar-refractivity contribution in [2.45, 2.75) is 12.2 Å². The Bertz CT molecular complexity index is 366. The van der Waals surface area contributed by atoms with Crippen molar-refractivity contribution < 1.29 is 15.3 Å². The van der Waals surface area contributed by atoms with Crippen molar-refractivity contribution in [2.24, 2.45) is 0 Å². The van der Waals surface area contributed by atoms with Gasteiger partial charge in [-0.3, -0.25) is 0 Å². The third-order valence-electron chi connectivity index (χ3n) is 2.17. The van der Waals surface area contributed by atoms with Gasteiger partial charge in [0.15, 0.2) is 5.79 Å². The molecule has 0 heterocycles. The summed E-state index contributed by atoms with van der Waals surface area (Å²) >= 11 is 0. The van der Waals surface area contributed by atoms with Crippen molar-refractivity contribution in [1.29, 1.82) is 0 Å². The maximum Gasteiger partial charge on any atom is 0.194 e. The molecular weight excluding hydrogens is 168 g/mol. The van der Waals surface area contributed by atoms with Gasteiger partial charge >= 0.3 is 0 Å². The van der Waals surface area contributed by atoms with E-state index in [4.69, 9.17) is 0 Å². The SMILES string of the molecule is Oc1ccc2c(c1)C(O)(O)CC=C2. The number of fused-ring (bicyclic) bond motifs is 1. The molecule has 2 rings (SSSR count). The molecule has 1 aromatic carbocycles. The molecule has 3 heteroatoms. The lowest BCUT2D eigenvalue weighted by Gasteiger charge is -2.25. The average Bonchev–Trinajstić information content (AvgIpc) is 2.06. The van der Waals surface area contributed by atoms with Crippen molar-refractivity contribution in [3.8, 4) is 5.75 Å². The zero-order chi connectivity index (χ0) is 9.47. The third-order valence-corrected chi connectivity index (χ3v) is 2.17. The molecule has 0 aliphatic heterocycles. The summed E-state index contributed by atoms with van der Waals surface area (Å²) < 4.78 is 0. The number of phenols is 1. The second kappa shape index (κ2) is 2.58. The van der Waals surface area contributed by atoms with Crippen LogP contribution in [0.5, 0.6) is 5.75 Å². The van der Waals surface area contributed by atoms with E-state index in [0.717, 1.165) is 5.56 Å². The predicted molar refractivity (Wildman–Crippen MR) is 47.9 cm³/mol. The average molecular weight is 178 g/mol. The molecule has 0 amide bonds. The van der Waals surface area contributed by atoms with Crippen molar-refractivity contribution in [2.75, 3.05) is 0 Å². The van der Waals surface area contributed by atoms with Crippen LogP contribution in [0.4, 0.5) is 0 Å². The van der Waals surface area contributed by atoms with Crippen LogP contribution in [0.3, 0.4) is 0 Å². The molecule has 68 valence electrons. The van der Waals surface area contributed by atoms with Gasteiger partial charge in [-0.1, -0.05) is 18.2 Å². The normalized spacial score (nSPS) is 18.3. The number of rotatable bonds is 0. The molecule has 0 unspecified atom stereocenters. The number of hydrogen-bond donors (Lipinski definition) is 3. The van der Waals surface area contributed by atoms with Crippen LogP contribution in [0.15, 0.2) is 24.3 Å². The van der Waals surface area contributed by atoms with Gasteiger partial charge in [0, 0.05) is 12.0 Å². The Balaban J connectivity index is 2.62. The molecule has 0 saturated carbocycles. The smallest absolute Gasteiger partial charge is 0.194 e. The first kappa shape index (κ1) is 8.29. The summed E-state index contributed by atoms with van der Waals surface area (Å²) in [6.07, 6.45) is 3.66. The molecule has 0 fully saturated rings. The van der Waals surface area contributed by atoms with Crippen LogP contribution >= 0.6 is 0 Å². The lowest BCUT2D eigenvalue weighted by Crippen LogP contribution is -2.26. The van der Waals surface area contributed by atoms with E-state index in [0.29, 0.717) is 5.56 Å². The van der Waals surface area contributed by atoms with E-state index in [2.05, 4.69) is 0 Å². The number of benzene rings is 1. The molecule has 3 N–H and O–H groups in total. The first-order chi connectivity index (χ1) is 6.09. The van der Waals surface area contributed by atoms with Gasteiger partial charge in [-0.15, -0.1) is 0 Å². The highest BCUT2D eigenvalue weighted by Crippen LogP contribution is 2.33. The molecular formula is C10H10O3. The first-order valence-electron chi connectivity index (χ1n) is 4.04. The molecule has 0 radical (unpaired) electrons. The van der Waals surface area contributed by atoms with Crippen molar-refractivity contribution in [1.82, 2.24) is 0 Å². The Morgan fingerprint density at radius 1 is 1.23 bits per heavy atom. The monoisotopic (exact) mass is 178 g/mol. The summed E-state index contributed by atoms with van der Waals surface area (Å²) in [5, 5.41) is 28.3. The van der Waals surface area contributed by atoms with E-state index < -0.39 is 5.79 Å². The van der Waals surface area contributed by atoms with Crippen LogP contribution in [0.2, 0.25) is 0 Å². The lowest BCUT2D eigenvalue weighted by molar-refractivity contribution is -0.167. The number of hydrogen-bond acceptors (Lipinski definition) is 3. The zero-order valence-electron chi connectivity index (χ0n) is 6.94. The summed E-state index contributed by atoms with van der Waals surface area (Å²) in [6.45, 7) is 0. The maximum absolute atomic E-state index is 9.54. The highest BCUT2D eigenvalue weighted by Gasteiger charge is 2.29. The fourth-order valence-corrected chi connectivity index (χ4v) is 1.50. The van der Waals surface area contributed by atoms with E-state index >= 15 is 0 Å². The molecule has 1 aromatic rings. The van der Waals surface area contributed by atoms with Crippen LogP contribution in [0.1, 0.15) is 17.5 Å². The predicted octanol–water partition coefficient (Wildman–Crippen LogP) is 0.946. The Morgan fingerprint density at radius 3 is 2.77 bits per heavy atom. The summed E-state index contributed by atoms with van der Waals surface area (Å²) in [5.41, 5.74) is 1.09. The van der Waals surface area contributed by atoms with Crippen LogP contribution in [-0.2, 0) is 5.79 Å². The molecule has 1 aliphatic carbocycles. The van der Waals surface area contributed by atoms with Gasteiger partial charge in [0.25, 0.3) is 0 Å². The molecule has 0 aromatic heterocycles. The third kappa shape index (κ3) is 1.32. The Hall–Kier alpha value is -1.32. The van der Waals surface area contributed by atoms with Crippen molar-refractivity contribution >= 4 is 6.08 Å². The largest absolute Gasteiger partial charge is 0.508 e. The lowest BCUT2D eigenvalue weighted by atomic mass is 9.92. The van der Waals surface area contributed by atoms with E-state index in [1.807, 2.05) is 0 Å². The maximum atomic E-state index is 9.54. The minimum atomic E-state index is -1.84. The fourth-order valence-electron chi connectivity index (χ4n) is 1.50. The van der Waals surface area contributed by atoms with Gasteiger partial charge < -0.3 is 15.3 Å². The minimum absolute atomic E-state index is 0.0431. The molecule has 0 bridgehead atoms. The number of phenolic OH excluding ortho intramolecular Hbond substituents is 1. The van der Waals surface area contributed by atoms with Gasteiger partial charge in [0.2, 0.25) is 0 Å². The molecule has 0 atom stereocenters. The van der Waals surface area contributed by atoms with E-state index in [1.54, 1.807) is 18.2 Å². The van der Waals surface area contributed by atoms with Crippen molar-refractivity contribution in [3.63, 3.8) is 0 Å². The van der Waals surface area contributed by atoms with Gasteiger partial charge in [-0.05, 0) is 17.7 Å². The highest BCUT2D eigenvalue weighted by atomic mass is 16.5. The quantitative estimate of drug-likeness (QED) is 0.518. The molecule has 3 nitrogen and oxygen atoms in total. The zero-order valence-corrected chi connectivity index (χ0v) is 6.94. The minimum Gasteiger partial charge on any atom is -0.508 e. The van der Waals surface area contributed by atoms with E-state index in [-0.39, 0.29) is 12.2 Å². The van der Waals surface area contributed by atoms with Crippen LogP contribution in [-0.4, -0.2) is 15.3 Å². The Labute approximate surface area is 75.6 Å². The van der Waals surface area contributed by atoms with Gasteiger partial charge in [-0.2, -0.15) is 0 Å². The second-order valence-corrected chi connectivity index (χ2v) is 3.19. The summed E-state index contributed by atoms with van der Waals surface area (Å²) in [7, 11) is 0. The standard InChI is InChI=1S/C10H10O3/c11-8-4-3-7-2-1-5-10(12,13)9(7)6-8/h1-4,6,11-13H,5H2. The van der Waals surface area contributed by atoms with Crippen LogP contribution in [0.25, 0.3) is 6.08 Å². The molecule has 1 aliphatic rings. The molecule has 0 spiro atoms. The van der Waals surface area contributed by atoms with Crippen molar-refractivity contribution in [3.05, 3.63) is 35.4 Å². The molecule has 13 heavy (non-hydrogen) atoms. The highest BCUT2D eigenvalue weighted by molar-refractivity contribution is 5.59. The topological polar surface area (TPSA) is 60.7 Å². The van der Waals surface area contributed by atoms with Gasteiger partial charge in [0.1, 0.15) is 5.75 Å². The van der Waals surface area contributed by atoms with E-state index in [1.165, 1.54) is 12.1 Å². The summed E-state index contributed by atoms with van der Waals surface area (Å²) in [6, 6.07) is 4.55. The number of aliphatic hydroxyl groups is 2. The second-order valence-electron chi connectivity index (χ2n) is 3.19.